The summed E-state index contributed by atoms with van der Waals surface area (Å²) in [6.45, 7) is 17.2. The predicted octanol–water partition coefficient (Wildman–Crippen LogP) is 9.46. The number of unbranched alkanes of at least 4 members (excludes halogenated alkanes) is 1. The topological polar surface area (TPSA) is 41.6 Å². The third-order valence-corrected chi connectivity index (χ3v) is 9.05. The van der Waals surface area contributed by atoms with Crippen LogP contribution in [0.15, 0.2) is 53.9 Å². The fraction of sp³-hybridized carbons (Fsp3) is 0.485. The standard InChI is InChI=1S/C33H45FN2O2S/c1-8-32(4,5)25-16-17-29(26(22-25)33(6,7)9-2)38-20-13-12-19-36(23-30-24(3)18-21-39-30)31(37)35-28-15-11-10-14-27(28)34/h10-11,14-18,21-22H,8-9,12-13,19-20,23H2,1-7H3,(H,35,37). The summed E-state index contributed by atoms with van der Waals surface area (Å²) in [6.07, 6.45) is 3.68. The normalized spacial score (nSPS) is 11.9. The molecule has 0 aliphatic heterocycles. The number of hydrogen-bond donors (Lipinski definition) is 1. The molecular weight excluding hydrogens is 507 g/mol. The van der Waals surface area contributed by atoms with Crippen LogP contribution in [-0.4, -0.2) is 24.1 Å². The molecule has 1 heterocycles. The minimum atomic E-state index is -0.439. The van der Waals surface area contributed by atoms with Gasteiger partial charge < -0.3 is 15.0 Å². The van der Waals surface area contributed by atoms with Gasteiger partial charge in [-0.3, -0.25) is 0 Å². The second kappa shape index (κ2) is 13.5. The van der Waals surface area contributed by atoms with Crippen LogP contribution < -0.4 is 10.1 Å². The molecule has 0 bridgehead atoms. The number of hydrogen-bond acceptors (Lipinski definition) is 3. The summed E-state index contributed by atoms with van der Waals surface area (Å²) in [5.41, 5.74) is 4.07. The molecule has 39 heavy (non-hydrogen) atoms. The predicted molar refractivity (Wildman–Crippen MR) is 163 cm³/mol. The number of halogens is 1. The zero-order valence-electron chi connectivity index (χ0n) is 24.7. The van der Waals surface area contributed by atoms with Crippen molar-refractivity contribution in [3.05, 3.63) is 81.3 Å². The van der Waals surface area contributed by atoms with E-state index in [0.29, 0.717) is 19.7 Å². The summed E-state index contributed by atoms with van der Waals surface area (Å²) >= 11 is 1.64. The van der Waals surface area contributed by atoms with E-state index in [1.165, 1.54) is 17.2 Å². The Morgan fingerprint density at radius 2 is 1.72 bits per heavy atom. The van der Waals surface area contributed by atoms with E-state index in [9.17, 15) is 9.18 Å². The average Bonchev–Trinajstić information content (AvgIpc) is 3.32. The zero-order chi connectivity index (χ0) is 28.6. The Kier molecular flexibility index (Phi) is 10.6. The van der Waals surface area contributed by atoms with Crippen molar-refractivity contribution in [1.29, 1.82) is 0 Å². The van der Waals surface area contributed by atoms with Crippen molar-refractivity contribution in [3.63, 3.8) is 0 Å². The minimum absolute atomic E-state index is 0.00926. The van der Waals surface area contributed by atoms with Crippen molar-refractivity contribution in [2.45, 2.75) is 91.5 Å². The van der Waals surface area contributed by atoms with Gasteiger partial charge in [0.05, 0.1) is 18.8 Å². The maximum Gasteiger partial charge on any atom is 0.322 e. The molecule has 0 saturated carbocycles. The number of aryl methyl sites for hydroxylation is 1. The van der Waals surface area contributed by atoms with Crippen LogP contribution in [0.3, 0.4) is 0 Å². The SMILES string of the molecule is CCC(C)(C)c1ccc(OCCCCN(Cc2sccc2C)C(=O)Nc2ccccc2F)c(C(C)(C)CC)c1. The average molecular weight is 553 g/mol. The Morgan fingerprint density at radius 1 is 1.00 bits per heavy atom. The molecule has 1 N–H and O–H groups in total. The van der Waals surface area contributed by atoms with Gasteiger partial charge in [-0.15, -0.1) is 11.3 Å². The van der Waals surface area contributed by atoms with Crippen molar-refractivity contribution in [1.82, 2.24) is 4.90 Å². The first kappa shape index (κ1) is 30.7. The molecular formula is C33H45FN2O2S. The van der Waals surface area contributed by atoms with Crippen LogP contribution in [-0.2, 0) is 17.4 Å². The lowest BCUT2D eigenvalue weighted by Gasteiger charge is -2.30. The van der Waals surface area contributed by atoms with Gasteiger partial charge in [-0.2, -0.15) is 0 Å². The van der Waals surface area contributed by atoms with E-state index in [0.717, 1.165) is 41.9 Å². The number of anilines is 1. The summed E-state index contributed by atoms with van der Waals surface area (Å²) in [6, 6.07) is 14.7. The van der Waals surface area contributed by atoms with E-state index in [2.05, 4.69) is 78.0 Å². The molecule has 6 heteroatoms. The maximum atomic E-state index is 14.2. The van der Waals surface area contributed by atoms with Crippen molar-refractivity contribution < 1.29 is 13.9 Å². The summed E-state index contributed by atoms with van der Waals surface area (Å²) < 4.78 is 20.5. The van der Waals surface area contributed by atoms with Crippen molar-refractivity contribution >= 4 is 23.1 Å². The first-order valence-electron chi connectivity index (χ1n) is 14.1. The molecule has 0 radical (unpaired) electrons. The fourth-order valence-electron chi connectivity index (χ4n) is 4.34. The number of ether oxygens (including phenoxy) is 1. The molecule has 212 valence electrons. The number of amides is 2. The number of thiophene rings is 1. The molecule has 0 saturated heterocycles. The Balaban J connectivity index is 1.65. The Morgan fingerprint density at radius 3 is 2.36 bits per heavy atom. The van der Waals surface area contributed by atoms with E-state index in [-0.39, 0.29) is 22.5 Å². The van der Waals surface area contributed by atoms with Gasteiger partial charge in [0, 0.05) is 17.0 Å². The third kappa shape index (κ3) is 8.07. The molecule has 0 spiro atoms. The highest BCUT2D eigenvalue weighted by Gasteiger charge is 2.26. The van der Waals surface area contributed by atoms with Gasteiger partial charge in [-0.1, -0.05) is 65.8 Å². The number of para-hydroxylation sites is 1. The fourth-order valence-corrected chi connectivity index (χ4v) is 5.26. The molecule has 2 aromatic carbocycles. The van der Waals surface area contributed by atoms with E-state index in [1.54, 1.807) is 34.4 Å². The van der Waals surface area contributed by atoms with Gasteiger partial charge in [0.2, 0.25) is 0 Å². The van der Waals surface area contributed by atoms with Gasteiger partial charge in [0.15, 0.2) is 0 Å². The molecule has 0 atom stereocenters. The number of nitrogens with one attached hydrogen (secondary N) is 1. The van der Waals surface area contributed by atoms with Crippen molar-refractivity contribution in [2.75, 3.05) is 18.5 Å². The van der Waals surface area contributed by atoms with Gasteiger partial charge in [-0.25, -0.2) is 9.18 Å². The third-order valence-electron chi connectivity index (χ3n) is 8.04. The lowest BCUT2D eigenvalue weighted by Crippen LogP contribution is -2.35. The van der Waals surface area contributed by atoms with Crippen LogP contribution in [0.4, 0.5) is 14.9 Å². The van der Waals surface area contributed by atoms with Crippen LogP contribution >= 0.6 is 11.3 Å². The van der Waals surface area contributed by atoms with Crippen LogP contribution in [0.5, 0.6) is 5.75 Å². The Hall–Kier alpha value is -2.86. The molecule has 0 aliphatic carbocycles. The number of carbonyl (C=O) groups excluding carboxylic acids is 1. The van der Waals surface area contributed by atoms with Gasteiger partial charge in [0.25, 0.3) is 0 Å². The quantitative estimate of drug-likeness (QED) is 0.215. The number of nitrogens with zero attached hydrogens (tertiary/aromatic N) is 1. The van der Waals surface area contributed by atoms with Gasteiger partial charge >= 0.3 is 6.03 Å². The first-order chi connectivity index (χ1) is 18.5. The summed E-state index contributed by atoms with van der Waals surface area (Å²) in [4.78, 5) is 16.0. The lowest BCUT2D eigenvalue weighted by molar-refractivity contribution is 0.205. The van der Waals surface area contributed by atoms with Crippen LogP contribution in [0.1, 0.15) is 88.8 Å². The molecule has 0 unspecified atom stereocenters. The monoisotopic (exact) mass is 552 g/mol. The van der Waals surface area contributed by atoms with Crippen molar-refractivity contribution in [2.24, 2.45) is 0 Å². The molecule has 3 aromatic rings. The largest absolute Gasteiger partial charge is 0.493 e. The molecule has 4 nitrogen and oxygen atoms in total. The number of carbonyl (C=O) groups is 1. The Bertz CT molecular complexity index is 1230. The highest BCUT2D eigenvalue weighted by molar-refractivity contribution is 7.10. The number of urea groups is 1. The number of benzene rings is 2. The molecule has 1 aromatic heterocycles. The van der Waals surface area contributed by atoms with Crippen LogP contribution in [0.25, 0.3) is 0 Å². The minimum Gasteiger partial charge on any atom is -0.493 e. The van der Waals surface area contributed by atoms with E-state index >= 15 is 0 Å². The van der Waals surface area contributed by atoms with Crippen LogP contribution in [0.2, 0.25) is 0 Å². The Labute approximate surface area is 238 Å². The molecule has 2 amide bonds. The number of rotatable bonds is 13. The van der Waals surface area contributed by atoms with E-state index < -0.39 is 5.82 Å². The van der Waals surface area contributed by atoms with E-state index in [4.69, 9.17) is 4.74 Å². The molecule has 0 fully saturated rings. The second-order valence-corrected chi connectivity index (χ2v) is 12.6. The highest BCUT2D eigenvalue weighted by Crippen LogP contribution is 2.38. The van der Waals surface area contributed by atoms with Gasteiger partial charge in [0.1, 0.15) is 11.6 Å². The van der Waals surface area contributed by atoms with Crippen LogP contribution in [0, 0.1) is 12.7 Å². The zero-order valence-corrected chi connectivity index (χ0v) is 25.5. The summed E-state index contributed by atoms with van der Waals surface area (Å²) in [5.74, 6) is 0.506. The molecule has 0 aliphatic rings. The highest BCUT2D eigenvalue weighted by atomic mass is 32.1. The second-order valence-electron chi connectivity index (χ2n) is 11.6. The lowest BCUT2D eigenvalue weighted by atomic mass is 9.76. The first-order valence-corrected chi connectivity index (χ1v) is 15.0. The van der Waals surface area contributed by atoms with Gasteiger partial charge in [-0.05, 0) is 84.2 Å². The molecule has 3 rings (SSSR count). The summed E-state index contributed by atoms with van der Waals surface area (Å²) in [5, 5.41) is 4.78. The van der Waals surface area contributed by atoms with Crippen molar-refractivity contribution in [3.8, 4) is 5.75 Å². The maximum absolute atomic E-state index is 14.2. The van der Waals surface area contributed by atoms with E-state index in [1.807, 2.05) is 5.38 Å². The summed E-state index contributed by atoms with van der Waals surface area (Å²) in [7, 11) is 0. The smallest absolute Gasteiger partial charge is 0.322 e.